The normalized spacial score (nSPS) is 11.5. The average molecular weight is 287 g/mol. The monoisotopic (exact) mass is 287 g/mol. The van der Waals surface area contributed by atoms with E-state index in [-0.39, 0.29) is 0 Å². The van der Waals surface area contributed by atoms with Crippen LogP contribution in [-0.2, 0) is 0 Å². The summed E-state index contributed by atoms with van der Waals surface area (Å²) in [7, 11) is 0. The molecule has 4 nitrogen and oxygen atoms in total. The second kappa shape index (κ2) is 5.33. The van der Waals surface area contributed by atoms with Crippen molar-refractivity contribution in [3.05, 3.63) is 78.6 Å². The van der Waals surface area contributed by atoms with Crippen LogP contribution in [0.4, 0.5) is 0 Å². The lowest BCUT2D eigenvalue weighted by molar-refractivity contribution is 0.557. The molecule has 1 aromatic carbocycles. The molecule has 4 heteroatoms. The zero-order valence-electron chi connectivity index (χ0n) is 11.8. The number of hydrogen-bond donors (Lipinski definition) is 0. The van der Waals surface area contributed by atoms with E-state index in [9.17, 15) is 0 Å². The predicted molar refractivity (Wildman–Crippen MR) is 86.5 cm³/mol. The number of hydrogen-bond acceptors (Lipinski definition) is 3. The number of aromatic nitrogens is 3. The van der Waals surface area contributed by atoms with Crippen LogP contribution in [0.15, 0.2) is 71.5 Å². The number of nitrogens with zero attached hydrogens (tertiary/aromatic N) is 3. The predicted octanol–water partition coefficient (Wildman–Crippen LogP) is 4.18. The van der Waals surface area contributed by atoms with Gasteiger partial charge in [0.05, 0.1) is 17.3 Å². The van der Waals surface area contributed by atoms with Crippen LogP contribution in [0.1, 0.15) is 11.6 Å². The van der Waals surface area contributed by atoms with Crippen LogP contribution in [0.3, 0.4) is 0 Å². The van der Waals surface area contributed by atoms with Crippen molar-refractivity contribution in [1.29, 1.82) is 0 Å². The van der Waals surface area contributed by atoms with Gasteiger partial charge in [0.25, 0.3) is 0 Å². The molecule has 0 unspecified atom stereocenters. The second-order valence-electron chi connectivity index (χ2n) is 4.83. The van der Waals surface area contributed by atoms with Gasteiger partial charge in [-0.3, -0.25) is 4.57 Å². The van der Waals surface area contributed by atoms with Crippen LogP contribution in [0.25, 0.3) is 29.0 Å². The third-order valence-electron chi connectivity index (χ3n) is 3.40. The van der Waals surface area contributed by atoms with Gasteiger partial charge in [-0.1, -0.05) is 18.2 Å². The van der Waals surface area contributed by atoms with E-state index >= 15 is 0 Å². The van der Waals surface area contributed by atoms with Gasteiger partial charge in [-0.2, -0.15) is 0 Å². The Labute approximate surface area is 127 Å². The topological polar surface area (TPSA) is 43.9 Å². The van der Waals surface area contributed by atoms with Crippen molar-refractivity contribution in [2.75, 3.05) is 0 Å². The number of pyridine rings is 1. The van der Waals surface area contributed by atoms with E-state index in [0.29, 0.717) is 0 Å². The summed E-state index contributed by atoms with van der Waals surface area (Å²) in [6, 6.07) is 17.6. The maximum atomic E-state index is 5.34. The number of rotatable bonds is 3. The molecule has 0 spiro atoms. The van der Waals surface area contributed by atoms with Gasteiger partial charge < -0.3 is 4.42 Å². The van der Waals surface area contributed by atoms with E-state index in [0.717, 1.165) is 28.4 Å². The Kier molecular flexibility index (Phi) is 3.05. The van der Waals surface area contributed by atoms with Crippen molar-refractivity contribution in [2.24, 2.45) is 0 Å². The average Bonchev–Trinajstić information content (AvgIpc) is 3.21. The van der Waals surface area contributed by atoms with Crippen LogP contribution in [0.2, 0.25) is 0 Å². The molecule has 0 bridgehead atoms. The van der Waals surface area contributed by atoms with E-state index in [1.54, 1.807) is 12.5 Å². The number of benzene rings is 1. The first-order chi connectivity index (χ1) is 10.9. The molecular weight excluding hydrogens is 274 g/mol. The fourth-order valence-corrected chi connectivity index (χ4v) is 2.43. The fourth-order valence-electron chi connectivity index (χ4n) is 2.43. The molecule has 22 heavy (non-hydrogen) atoms. The van der Waals surface area contributed by atoms with Crippen LogP contribution < -0.4 is 0 Å². The van der Waals surface area contributed by atoms with Gasteiger partial charge in [-0.15, -0.1) is 0 Å². The van der Waals surface area contributed by atoms with Gasteiger partial charge in [0.1, 0.15) is 17.4 Å². The van der Waals surface area contributed by atoms with Gasteiger partial charge >= 0.3 is 0 Å². The molecule has 0 N–H and O–H groups in total. The number of fused-ring (bicyclic) bond motifs is 1. The van der Waals surface area contributed by atoms with Crippen molar-refractivity contribution in [3.63, 3.8) is 0 Å². The van der Waals surface area contributed by atoms with Gasteiger partial charge in [0, 0.05) is 6.20 Å². The van der Waals surface area contributed by atoms with Crippen molar-refractivity contribution in [2.45, 2.75) is 0 Å². The maximum absolute atomic E-state index is 5.34. The number of para-hydroxylation sites is 2. The Morgan fingerprint density at radius 2 is 1.82 bits per heavy atom. The Balaban J connectivity index is 1.90. The van der Waals surface area contributed by atoms with E-state index in [2.05, 4.69) is 9.97 Å². The summed E-state index contributed by atoms with van der Waals surface area (Å²) in [6.45, 7) is 0. The Hall–Kier alpha value is -3.14. The quantitative estimate of drug-likeness (QED) is 0.567. The van der Waals surface area contributed by atoms with Crippen molar-refractivity contribution < 1.29 is 4.42 Å². The molecule has 4 rings (SSSR count). The molecule has 0 amide bonds. The molecular formula is C18H13N3O. The smallest absolute Gasteiger partial charge is 0.139 e. The summed E-state index contributed by atoms with van der Waals surface area (Å²) >= 11 is 0. The zero-order valence-corrected chi connectivity index (χ0v) is 11.8. The summed E-state index contributed by atoms with van der Waals surface area (Å²) in [5.74, 6) is 2.45. The molecule has 3 aromatic heterocycles. The molecule has 3 heterocycles. The first-order valence-corrected chi connectivity index (χ1v) is 7.02. The molecule has 0 atom stereocenters. The Morgan fingerprint density at radius 1 is 0.909 bits per heavy atom. The van der Waals surface area contributed by atoms with E-state index in [1.807, 2.05) is 71.3 Å². The molecule has 0 aliphatic carbocycles. The van der Waals surface area contributed by atoms with E-state index in [4.69, 9.17) is 4.42 Å². The lowest BCUT2D eigenvalue weighted by Gasteiger charge is -2.05. The highest BCUT2D eigenvalue weighted by Gasteiger charge is 2.10. The molecule has 4 aromatic rings. The van der Waals surface area contributed by atoms with Gasteiger partial charge in [-0.05, 0) is 48.6 Å². The highest BCUT2D eigenvalue weighted by atomic mass is 16.3. The summed E-state index contributed by atoms with van der Waals surface area (Å²) in [5.41, 5.74) is 1.97. The minimum absolute atomic E-state index is 0.791. The lowest BCUT2D eigenvalue weighted by atomic mass is 10.3. The summed E-state index contributed by atoms with van der Waals surface area (Å²) < 4.78 is 7.37. The number of furan rings is 1. The van der Waals surface area contributed by atoms with Gasteiger partial charge in [0.2, 0.25) is 0 Å². The van der Waals surface area contributed by atoms with Crippen LogP contribution in [0, 0.1) is 0 Å². The molecule has 106 valence electrons. The first kappa shape index (κ1) is 12.6. The second-order valence-corrected chi connectivity index (χ2v) is 4.83. The minimum Gasteiger partial charge on any atom is -0.465 e. The summed E-state index contributed by atoms with van der Waals surface area (Å²) in [6.07, 6.45) is 7.28. The van der Waals surface area contributed by atoms with E-state index < -0.39 is 0 Å². The lowest BCUT2D eigenvalue weighted by Crippen LogP contribution is -1.99. The van der Waals surface area contributed by atoms with Gasteiger partial charge in [0.15, 0.2) is 0 Å². The molecule has 0 fully saturated rings. The molecule has 0 aliphatic rings. The maximum Gasteiger partial charge on any atom is 0.139 e. The van der Waals surface area contributed by atoms with Gasteiger partial charge in [-0.25, -0.2) is 9.97 Å². The number of imidazole rings is 1. The SMILES string of the molecule is C(=C\c1nc2ccccc2n1-c1ccccn1)/c1ccco1. The van der Waals surface area contributed by atoms with Crippen molar-refractivity contribution in [1.82, 2.24) is 14.5 Å². The standard InChI is InChI=1S/C18H13N3O/c1-2-8-16-15(7-1)20-18(11-10-14-6-5-13-22-14)21(16)17-9-3-4-12-19-17/h1-13H/b11-10+. The highest BCUT2D eigenvalue weighted by Crippen LogP contribution is 2.21. The minimum atomic E-state index is 0.791. The van der Waals surface area contributed by atoms with Crippen LogP contribution in [-0.4, -0.2) is 14.5 Å². The Bertz CT molecular complexity index is 922. The van der Waals surface area contributed by atoms with Crippen LogP contribution in [0.5, 0.6) is 0 Å². The van der Waals surface area contributed by atoms with E-state index in [1.165, 1.54) is 0 Å². The molecule has 0 aliphatic heterocycles. The summed E-state index contributed by atoms with van der Waals surface area (Å²) in [5, 5.41) is 0. The first-order valence-electron chi connectivity index (χ1n) is 7.02. The largest absolute Gasteiger partial charge is 0.465 e. The molecule has 0 saturated carbocycles. The fraction of sp³-hybridized carbons (Fsp3) is 0. The highest BCUT2D eigenvalue weighted by molar-refractivity contribution is 5.81. The van der Waals surface area contributed by atoms with Crippen LogP contribution >= 0.6 is 0 Å². The van der Waals surface area contributed by atoms with Crippen molar-refractivity contribution >= 4 is 23.2 Å². The molecule has 0 radical (unpaired) electrons. The van der Waals surface area contributed by atoms with Crippen molar-refractivity contribution in [3.8, 4) is 5.82 Å². The zero-order chi connectivity index (χ0) is 14.8. The Morgan fingerprint density at radius 3 is 2.64 bits per heavy atom. The molecule has 0 saturated heterocycles. The third-order valence-corrected chi connectivity index (χ3v) is 3.40. The third kappa shape index (κ3) is 2.20. The summed E-state index contributed by atoms with van der Waals surface area (Å²) in [4.78, 5) is 9.13.